The highest BCUT2D eigenvalue weighted by Gasteiger charge is 2.19. The van der Waals surface area contributed by atoms with Gasteiger partial charge in [0.1, 0.15) is 23.6 Å². The summed E-state index contributed by atoms with van der Waals surface area (Å²) in [6.07, 6.45) is 0.541. The van der Waals surface area contributed by atoms with Crippen molar-refractivity contribution in [1.29, 1.82) is 5.26 Å². The molecule has 1 aromatic rings. The van der Waals surface area contributed by atoms with E-state index in [1.165, 1.54) is 11.9 Å². The minimum absolute atomic E-state index is 0.0508. The third-order valence-corrected chi connectivity index (χ3v) is 2.58. The van der Waals surface area contributed by atoms with Gasteiger partial charge in [0.25, 0.3) is 0 Å². The number of nitrogens with zero attached hydrogens (tertiary/aromatic N) is 2. The van der Waals surface area contributed by atoms with Crippen LogP contribution in [0, 0.1) is 23.0 Å². The lowest BCUT2D eigenvalue weighted by molar-refractivity contribution is 0.112. The van der Waals surface area contributed by atoms with Crippen molar-refractivity contribution in [2.24, 2.45) is 0 Å². The fourth-order valence-electron chi connectivity index (χ4n) is 1.48. The molecule has 0 aliphatic carbocycles. The zero-order valence-electron chi connectivity index (χ0n) is 9.58. The molecule has 0 spiro atoms. The highest BCUT2D eigenvalue weighted by Crippen LogP contribution is 2.25. The number of halogens is 2. The molecule has 0 aromatic heterocycles. The lowest BCUT2D eigenvalue weighted by atomic mass is 10.1. The van der Waals surface area contributed by atoms with Crippen molar-refractivity contribution in [2.75, 3.05) is 11.9 Å². The molecule has 0 saturated carbocycles. The molecule has 90 valence electrons. The van der Waals surface area contributed by atoms with Crippen molar-refractivity contribution in [3.63, 3.8) is 0 Å². The van der Waals surface area contributed by atoms with Gasteiger partial charge in [-0.3, -0.25) is 4.79 Å². The monoisotopic (exact) mass is 238 g/mol. The molecule has 17 heavy (non-hydrogen) atoms. The molecule has 1 unspecified atom stereocenters. The first-order valence-corrected chi connectivity index (χ1v) is 5.05. The van der Waals surface area contributed by atoms with E-state index in [4.69, 9.17) is 5.26 Å². The summed E-state index contributed by atoms with van der Waals surface area (Å²) in [4.78, 5) is 11.8. The van der Waals surface area contributed by atoms with Gasteiger partial charge in [-0.2, -0.15) is 5.26 Å². The van der Waals surface area contributed by atoms with E-state index < -0.39 is 11.6 Å². The van der Waals surface area contributed by atoms with E-state index in [1.807, 2.05) is 6.07 Å². The molecular weight excluding hydrogens is 226 g/mol. The minimum atomic E-state index is -0.806. The van der Waals surface area contributed by atoms with E-state index in [2.05, 4.69) is 0 Å². The van der Waals surface area contributed by atoms with Crippen LogP contribution in [0.15, 0.2) is 12.1 Å². The van der Waals surface area contributed by atoms with Crippen molar-refractivity contribution in [3.8, 4) is 6.07 Å². The first-order chi connectivity index (χ1) is 8.01. The molecule has 0 N–H and O–H groups in total. The van der Waals surface area contributed by atoms with Gasteiger partial charge >= 0.3 is 0 Å². The normalized spacial score (nSPS) is 11.7. The third kappa shape index (κ3) is 2.78. The standard InChI is InChI=1S/C12H12F2N2O/c1-8(3-4-15)16(2)12-10(13)5-9(7-17)6-11(12)14/h5-8H,3H2,1-2H3. The summed E-state index contributed by atoms with van der Waals surface area (Å²) >= 11 is 0. The summed E-state index contributed by atoms with van der Waals surface area (Å²) in [7, 11) is 1.50. The van der Waals surface area contributed by atoms with Crippen LogP contribution < -0.4 is 4.90 Å². The fraction of sp³-hybridized carbons (Fsp3) is 0.333. The first-order valence-electron chi connectivity index (χ1n) is 5.05. The molecule has 0 aliphatic heterocycles. The van der Waals surface area contributed by atoms with E-state index in [9.17, 15) is 13.6 Å². The van der Waals surface area contributed by atoms with E-state index in [1.54, 1.807) is 6.92 Å². The van der Waals surface area contributed by atoms with Crippen LogP contribution in [0.3, 0.4) is 0 Å². The van der Waals surface area contributed by atoms with Gasteiger partial charge in [0.05, 0.1) is 12.5 Å². The quantitative estimate of drug-likeness (QED) is 0.757. The molecule has 1 rings (SSSR count). The largest absolute Gasteiger partial charge is 0.366 e. The maximum absolute atomic E-state index is 13.6. The number of rotatable bonds is 4. The number of aldehydes is 1. The van der Waals surface area contributed by atoms with E-state index in [0.717, 1.165) is 12.1 Å². The van der Waals surface area contributed by atoms with Crippen LogP contribution in [0.2, 0.25) is 0 Å². The molecule has 0 amide bonds. The second kappa shape index (κ2) is 5.39. The van der Waals surface area contributed by atoms with E-state index >= 15 is 0 Å². The Hall–Kier alpha value is -1.96. The van der Waals surface area contributed by atoms with Crippen molar-refractivity contribution in [2.45, 2.75) is 19.4 Å². The topological polar surface area (TPSA) is 44.1 Å². The average molecular weight is 238 g/mol. The first kappa shape index (κ1) is 13.1. The van der Waals surface area contributed by atoms with Gasteiger partial charge in [-0.25, -0.2) is 8.78 Å². The summed E-state index contributed by atoms with van der Waals surface area (Å²) in [5.74, 6) is -1.61. The van der Waals surface area contributed by atoms with Crippen LogP contribution in [0.1, 0.15) is 23.7 Å². The number of hydrogen-bond acceptors (Lipinski definition) is 3. The molecular formula is C12H12F2N2O. The molecule has 0 heterocycles. The lowest BCUT2D eigenvalue weighted by Gasteiger charge is -2.26. The Morgan fingerprint density at radius 2 is 2.00 bits per heavy atom. The fourth-order valence-corrected chi connectivity index (χ4v) is 1.48. The van der Waals surface area contributed by atoms with Crippen molar-refractivity contribution < 1.29 is 13.6 Å². The highest BCUT2D eigenvalue weighted by molar-refractivity contribution is 5.76. The SMILES string of the molecule is CC(CC#N)N(C)c1c(F)cc(C=O)cc1F. The molecule has 5 heteroatoms. The molecule has 0 fully saturated rings. The third-order valence-electron chi connectivity index (χ3n) is 2.58. The Morgan fingerprint density at radius 1 is 1.47 bits per heavy atom. The Bertz CT molecular complexity index is 445. The average Bonchev–Trinajstić information content (AvgIpc) is 2.28. The maximum Gasteiger partial charge on any atom is 0.150 e. The second-order valence-corrected chi connectivity index (χ2v) is 3.77. The van der Waals surface area contributed by atoms with Gasteiger partial charge in [0.2, 0.25) is 0 Å². The van der Waals surface area contributed by atoms with E-state index in [0.29, 0.717) is 6.29 Å². The van der Waals surface area contributed by atoms with Crippen LogP contribution in [0.25, 0.3) is 0 Å². The van der Waals surface area contributed by atoms with Crippen molar-refractivity contribution in [1.82, 2.24) is 0 Å². The summed E-state index contributed by atoms with van der Waals surface area (Å²) in [6.45, 7) is 1.69. The number of carbonyl (C=O) groups is 1. The van der Waals surface area contributed by atoms with E-state index in [-0.39, 0.29) is 23.7 Å². The van der Waals surface area contributed by atoms with Crippen LogP contribution >= 0.6 is 0 Å². The van der Waals surface area contributed by atoms with Gasteiger partial charge in [-0.05, 0) is 19.1 Å². The Labute approximate surface area is 98.3 Å². The summed E-state index contributed by atoms with van der Waals surface area (Å²) < 4.78 is 27.3. The summed E-state index contributed by atoms with van der Waals surface area (Å²) in [5, 5.41) is 8.54. The highest BCUT2D eigenvalue weighted by atomic mass is 19.1. The molecule has 0 saturated heterocycles. The molecule has 0 aliphatic rings. The zero-order valence-corrected chi connectivity index (χ0v) is 9.58. The predicted molar refractivity (Wildman–Crippen MR) is 59.8 cm³/mol. The lowest BCUT2D eigenvalue weighted by Crippen LogP contribution is -2.30. The number of benzene rings is 1. The molecule has 1 atom stereocenters. The zero-order chi connectivity index (χ0) is 13.0. The summed E-state index contributed by atoms with van der Waals surface area (Å²) in [6, 6.07) is 3.57. The molecule has 0 bridgehead atoms. The minimum Gasteiger partial charge on any atom is -0.366 e. The molecule has 0 radical (unpaired) electrons. The Kier molecular flexibility index (Phi) is 4.16. The molecule has 3 nitrogen and oxygen atoms in total. The Morgan fingerprint density at radius 3 is 2.41 bits per heavy atom. The van der Waals surface area contributed by atoms with Crippen LogP contribution in [0.5, 0.6) is 0 Å². The second-order valence-electron chi connectivity index (χ2n) is 3.77. The van der Waals surface area contributed by atoms with Crippen LogP contribution in [0.4, 0.5) is 14.5 Å². The Balaban J connectivity index is 3.14. The number of nitriles is 1. The molecule has 1 aromatic carbocycles. The van der Waals surface area contributed by atoms with Gasteiger partial charge in [-0.15, -0.1) is 0 Å². The van der Waals surface area contributed by atoms with Crippen LogP contribution in [-0.4, -0.2) is 19.4 Å². The summed E-state index contributed by atoms with van der Waals surface area (Å²) in [5.41, 5.74) is -0.275. The van der Waals surface area contributed by atoms with Gasteiger partial charge < -0.3 is 4.90 Å². The number of carbonyl (C=O) groups excluding carboxylic acids is 1. The van der Waals surface area contributed by atoms with Crippen molar-refractivity contribution >= 4 is 12.0 Å². The maximum atomic E-state index is 13.6. The van der Waals surface area contributed by atoms with Gasteiger partial charge in [0, 0.05) is 18.7 Å². The smallest absolute Gasteiger partial charge is 0.150 e. The number of hydrogen-bond donors (Lipinski definition) is 0. The number of anilines is 1. The predicted octanol–water partition coefficient (Wildman–Crippen LogP) is 2.52. The van der Waals surface area contributed by atoms with Gasteiger partial charge in [-0.1, -0.05) is 0 Å². The van der Waals surface area contributed by atoms with Crippen LogP contribution in [-0.2, 0) is 0 Å². The van der Waals surface area contributed by atoms with Crippen molar-refractivity contribution in [3.05, 3.63) is 29.3 Å². The van der Waals surface area contributed by atoms with Gasteiger partial charge in [0.15, 0.2) is 0 Å².